The molecule has 0 aliphatic rings. The predicted octanol–water partition coefficient (Wildman–Crippen LogP) is 3.59. The molecule has 0 N–H and O–H groups in total. The number of benzene rings is 2. The molecule has 5 aromatic rings. The average Bonchev–Trinajstić information content (AvgIpc) is 3.42. The van der Waals surface area contributed by atoms with Crippen LogP contribution in [0.3, 0.4) is 0 Å². The van der Waals surface area contributed by atoms with Gasteiger partial charge in [0.2, 0.25) is 5.91 Å². The summed E-state index contributed by atoms with van der Waals surface area (Å²) in [5.41, 5.74) is 4.33. The van der Waals surface area contributed by atoms with Gasteiger partial charge in [0.25, 0.3) is 5.56 Å². The third-order valence-corrected chi connectivity index (χ3v) is 6.86. The molecule has 0 spiro atoms. The third-order valence-electron chi connectivity index (χ3n) is 5.81. The van der Waals surface area contributed by atoms with Crippen LogP contribution < -0.4 is 10.5 Å². The highest BCUT2D eigenvalue weighted by atomic mass is 32.1. The van der Waals surface area contributed by atoms with E-state index in [0.717, 1.165) is 26.9 Å². The number of hydrogen-bond donors (Lipinski definition) is 0. The SMILES string of the molecule is Cc1ccc2sc(N(Cc3ccccc3)C(=O)Cn3cnc4c(cnn4C)c3=O)nc2c1C. The zero-order valence-corrected chi connectivity index (χ0v) is 19.3. The van der Waals surface area contributed by atoms with Crippen LogP contribution in [0.5, 0.6) is 0 Å². The summed E-state index contributed by atoms with van der Waals surface area (Å²) < 4.78 is 3.89. The second-order valence-electron chi connectivity index (χ2n) is 8.00. The molecule has 2 aromatic carbocycles. The van der Waals surface area contributed by atoms with E-state index < -0.39 is 0 Å². The molecule has 3 heterocycles. The molecule has 0 atom stereocenters. The number of thiazole rings is 1. The van der Waals surface area contributed by atoms with Gasteiger partial charge in [0.1, 0.15) is 18.3 Å². The van der Waals surface area contributed by atoms with Gasteiger partial charge in [-0.3, -0.25) is 23.7 Å². The number of carbonyl (C=O) groups excluding carboxylic acids is 1. The number of fused-ring (bicyclic) bond motifs is 2. The lowest BCUT2D eigenvalue weighted by Gasteiger charge is -2.20. The van der Waals surface area contributed by atoms with E-state index in [1.807, 2.05) is 43.3 Å². The van der Waals surface area contributed by atoms with Crippen molar-refractivity contribution >= 4 is 43.6 Å². The quantitative estimate of drug-likeness (QED) is 0.402. The molecule has 3 aromatic heterocycles. The Bertz CT molecular complexity index is 1550. The van der Waals surface area contributed by atoms with E-state index in [2.05, 4.69) is 23.1 Å². The predicted molar refractivity (Wildman–Crippen MR) is 129 cm³/mol. The van der Waals surface area contributed by atoms with Crippen LogP contribution in [0.25, 0.3) is 21.3 Å². The summed E-state index contributed by atoms with van der Waals surface area (Å²) in [4.78, 5) is 37.2. The Hall–Kier alpha value is -3.85. The summed E-state index contributed by atoms with van der Waals surface area (Å²) in [6.45, 7) is 4.31. The lowest BCUT2D eigenvalue weighted by atomic mass is 10.1. The van der Waals surface area contributed by atoms with Crippen molar-refractivity contribution < 1.29 is 4.79 Å². The minimum Gasteiger partial charge on any atom is -0.289 e. The molecule has 0 aliphatic heterocycles. The molecule has 0 saturated heterocycles. The van der Waals surface area contributed by atoms with Crippen LogP contribution in [-0.2, 0) is 24.9 Å². The summed E-state index contributed by atoms with van der Waals surface area (Å²) in [6.07, 6.45) is 2.88. The third kappa shape index (κ3) is 3.80. The number of hydrogen-bond acceptors (Lipinski definition) is 6. The Kier molecular flexibility index (Phi) is 5.26. The maximum absolute atomic E-state index is 13.5. The molecule has 0 bridgehead atoms. The Labute approximate surface area is 193 Å². The van der Waals surface area contributed by atoms with Gasteiger partial charge >= 0.3 is 0 Å². The molecule has 1 amide bonds. The van der Waals surface area contributed by atoms with Crippen molar-refractivity contribution in [3.8, 4) is 0 Å². The van der Waals surface area contributed by atoms with E-state index in [1.165, 1.54) is 33.1 Å². The maximum Gasteiger partial charge on any atom is 0.264 e. The standard InChI is InChI=1S/C24H22N6O2S/c1-15-9-10-19-21(16(15)2)27-24(33-19)30(12-17-7-5-4-6-8-17)20(31)13-29-14-25-22-18(23(29)32)11-26-28(22)3/h4-11,14H,12-13H2,1-3H3. The molecular formula is C24H22N6O2S. The first-order valence-electron chi connectivity index (χ1n) is 10.5. The maximum atomic E-state index is 13.5. The first-order valence-corrected chi connectivity index (χ1v) is 11.3. The summed E-state index contributed by atoms with van der Waals surface area (Å²) in [7, 11) is 1.72. The summed E-state index contributed by atoms with van der Waals surface area (Å²) in [5, 5.41) is 5.08. The van der Waals surface area contributed by atoms with Gasteiger partial charge < -0.3 is 0 Å². The minimum atomic E-state index is -0.295. The first kappa shape index (κ1) is 21.0. The van der Waals surface area contributed by atoms with E-state index in [-0.39, 0.29) is 18.0 Å². The average molecular weight is 459 g/mol. The molecule has 0 unspecified atom stereocenters. The zero-order chi connectivity index (χ0) is 23.1. The van der Waals surface area contributed by atoms with Crippen LogP contribution in [0.2, 0.25) is 0 Å². The molecule has 0 saturated carbocycles. The van der Waals surface area contributed by atoms with E-state index >= 15 is 0 Å². The highest BCUT2D eigenvalue weighted by Gasteiger charge is 2.22. The van der Waals surface area contributed by atoms with Crippen molar-refractivity contribution in [2.75, 3.05) is 4.90 Å². The smallest absolute Gasteiger partial charge is 0.264 e. The number of anilines is 1. The number of aryl methyl sites for hydroxylation is 3. The van der Waals surface area contributed by atoms with Crippen molar-refractivity contribution in [3.05, 3.63) is 82.0 Å². The van der Waals surface area contributed by atoms with Crippen LogP contribution in [0.4, 0.5) is 5.13 Å². The Morgan fingerprint density at radius 1 is 1.12 bits per heavy atom. The second-order valence-corrected chi connectivity index (χ2v) is 9.01. The molecule has 166 valence electrons. The number of carbonyl (C=O) groups is 1. The van der Waals surface area contributed by atoms with Crippen molar-refractivity contribution in [3.63, 3.8) is 0 Å². The van der Waals surface area contributed by atoms with E-state index in [4.69, 9.17) is 4.98 Å². The first-order chi connectivity index (χ1) is 15.9. The van der Waals surface area contributed by atoms with Crippen molar-refractivity contribution in [1.29, 1.82) is 0 Å². The van der Waals surface area contributed by atoms with Gasteiger partial charge in [0.15, 0.2) is 10.8 Å². The van der Waals surface area contributed by atoms with Crippen molar-refractivity contribution in [2.45, 2.75) is 26.9 Å². The van der Waals surface area contributed by atoms with Gasteiger partial charge in [0, 0.05) is 7.05 Å². The molecule has 33 heavy (non-hydrogen) atoms. The fraction of sp³-hybridized carbons (Fsp3) is 0.208. The van der Waals surface area contributed by atoms with Gasteiger partial charge in [0.05, 0.1) is 23.0 Å². The summed E-state index contributed by atoms with van der Waals surface area (Å²) in [6, 6.07) is 13.9. The van der Waals surface area contributed by atoms with Gasteiger partial charge in [-0.05, 0) is 36.6 Å². The highest BCUT2D eigenvalue weighted by Crippen LogP contribution is 2.32. The van der Waals surface area contributed by atoms with Gasteiger partial charge in [-0.1, -0.05) is 47.7 Å². The minimum absolute atomic E-state index is 0.141. The molecule has 0 fully saturated rings. The van der Waals surface area contributed by atoms with E-state index in [1.54, 1.807) is 11.9 Å². The molecule has 8 nitrogen and oxygen atoms in total. The van der Waals surface area contributed by atoms with Gasteiger partial charge in [-0.15, -0.1) is 0 Å². The van der Waals surface area contributed by atoms with Crippen molar-refractivity contribution in [2.24, 2.45) is 7.05 Å². The molecule has 5 rings (SSSR count). The monoisotopic (exact) mass is 458 g/mol. The fourth-order valence-corrected chi connectivity index (χ4v) is 4.81. The number of nitrogens with zero attached hydrogens (tertiary/aromatic N) is 6. The number of amides is 1. The van der Waals surface area contributed by atoms with Gasteiger partial charge in [-0.2, -0.15) is 5.10 Å². The fourth-order valence-electron chi connectivity index (χ4n) is 3.77. The topological polar surface area (TPSA) is 85.9 Å². The highest BCUT2D eigenvalue weighted by molar-refractivity contribution is 7.22. The molecule has 0 aliphatic carbocycles. The van der Waals surface area contributed by atoms with Crippen LogP contribution >= 0.6 is 11.3 Å². The van der Waals surface area contributed by atoms with E-state index in [9.17, 15) is 9.59 Å². The van der Waals surface area contributed by atoms with Crippen LogP contribution in [0, 0.1) is 13.8 Å². The Balaban J connectivity index is 1.54. The van der Waals surface area contributed by atoms with Crippen LogP contribution in [-0.4, -0.2) is 30.2 Å². The molecule has 0 radical (unpaired) electrons. The number of rotatable bonds is 5. The summed E-state index contributed by atoms with van der Waals surface area (Å²) >= 11 is 1.47. The zero-order valence-electron chi connectivity index (χ0n) is 18.5. The van der Waals surface area contributed by atoms with Crippen LogP contribution in [0.1, 0.15) is 16.7 Å². The van der Waals surface area contributed by atoms with Gasteiger partial charge in [-0.25, -0.2) is 9.97 Å². The Morgan fingerprint density at radius 3 is 2.70 bits per heavy atom. The lowest BCUT2D eigenvalue weighted by molar-refractivity contribution is -0.119. The lowest BCUT2D eigenvalue weighted by Crippen LogP contribution is -2.36. The molecule has 9 heteroatoms. The van der Waals surface area contributed by atoms with Crippen LogP contribution in [0.15, 0.2) is 59.8 Å². The molecular weight excluding hydrogens is 436 g/mol. The number of aromatic nitrogens is 5. The van der Waals surface area contributed by atoms with E-state index in [0.29, 0.717) is 22.7 Å². The second kappa shape index (κ2) is 8.25. The normalized spacial score (nSPS) is 11.4. The summed E-state index contributed by atoms with van der Waals surface area (Å²) in [5.74, 6) is -0.237. The Morgan fingerprint density at radius 2 is 1.91 bits per heavy atom. The van der Waals surface area contributed by atoms with Crippen molar-refractivity contribution in [1.82, 2.24) is 24.3 Å². The largest absolute Gasteiger partial charge is 0.289 e.